The first-order valence-electron chi connectivity index (χ1n) is 7.47. The van der Waals surface area contributed by atoms with E-state index in [4.69, 9.17) is 5.73 Å². The van der Waals surface area contributed by atoms with Gasteiger partial charge < -0.3 is 16.0 Å². The summed E-state index contributed by atoms with van der Waals surface area (Å²) in [6.45, 7) is 3.36. The van der Waals surface area contributed by atoms with Gasteiger partial charge in [-0.2, -0.15) is 0 Å². The molecule has 0 radical (unpaired) electrons. The highest BCUT2D eigenvalue weighted by molar-refractivity contribution is 5.91. The molecule has 2 aliphatic rings. The van der Waals surface area contributed by atoms with E-state index in [1.807, 2.05) is 11.8 Å². The molecule has 2 unspecified atom stereocenters. The van der Waals surface area contributed by atoms with E-state index >= 15 is 0 Å². The maximum atomic E-state index is 12.6. The molecule has 0 bridgehead atoms. The predicted molar refractivity (Wildman–Crippen MR) is 73.4 cm³/mol. The molecule has 1 saturated heterocycles. The Morgan fingerprint density at radius 3 is 2.68 bits per heavy atom. The monoisotopic (exact) mass is 267 g/mol. The quantitative estimate of drug-likeness (QED) is 0.784. The molecule has 1 saturated carbocycles. The second kappa shape index (κ2) is 6.37. The lowest BCUT2D eigenvalue weighted by molar-refractivity contribution is -0.138. The molecule has 0 aromatic rings. The van der Waals surface area contributed by atoms with Crippen molar-refractivity contribution in [2.24, 2.45) is 11.7 Å². The van der Waals surface area contributed by atoms with Crippen LogP contribution in [-0.2, 0) is 9.59 Å². The van der Waals surface area contributed by atoms with Crippen molar-refractivity contribution >= 4 is 11.8 Å². The third-order valence-corrected chi connectivity index (χ3v) is 4.49. The highest BCUT2D eigenvalue weighted by Gasteiger charge is 2.36. The van der Waals surface area contributed by atoms with Crippen molar-refractivity contribution in [1.29, 1.82) is 0 Å². The van der Waals surface area contributed by atoms with Crippen molar-refractivity contribution in [1.82, 2.24) is 10.2 Å². The topological polar surface area (TPSA) is 75.4 Å². The van der Waals surface area contributed by atoms with Gasteiger partial charge in [-0.05, 0) is 38.6 Å². The highest BCUT2D eigenvalue weighted by atomic mass is 16.2. The molecule has 0 aromatic carbocycles. The summed E-state index contributed by atoms with van der Waals surface area (Å²) in [5.41, 5.74) is 5.85. The van der Waals surface area contributed by atoms with Crippen LogP contribution in [0.3, 0.4) is 0 Å². The van der Waals surface area contributed by atoms with Gasteiger partial charge in [0.15, 0.2) is 0 Å². The van der Waals surface area contributed by atoms with Crippen LogP contribution >= 0.6 is 0 Å². The van der Waals surface area contributed by atoms with Crippen molar-refractivity contribution in [2.45, 2.75) is 57.5 Å². The summed E-state index contributed by atoms with van der Waals surface area (Å²) in [5.74, 6) is 0.488. The van der Waals surface area contributed by atoms with E-state index in [9.17, 15) is 9.59 Å². The first-order chi connectivity index (χ1) is 9.17. The standard InChI is InChI=1S/C14H25N3O2/c1-2-17(12-6-4-3-5-10(12)9-15)14(19)11-7-8-13(18)16-11/h10-12H,2-9,15H2,1H3,(H,16,18)/t10?,11-,12?/m1/s1. The van der Waals surface area contributed by atoms with E-state index in [-0.39, 0.29) is 23.9 Å². The molecular weight excluding hydrogens is 242 g/mol. The minimum Gasteiger partial charge on any atom is -0.344 e. The van der Waals surface area contributed by atoms with Gasteiger partial charge in [-0.1, -0.05) is 12.8 Å². The Hall–Kier alpha value is -1.10. The van der Waals surface area contributed by atoms with Crippen LogP contribution in [0, 0.1) is 5.92 Å². The fourth-order valence-electron chi connectivity index (χ4n) is 3.43. The van der Waals surface area contributed by atoms with Crippen molar-refractivity contribution in [2.75, 3.05) is 13.1 Å². The van der Waals surface area contributed by atoms with Gasteiger partial charge >= 0.3 is 0 Å². The van der Waals surface area contributed by atoms with E-state index in [0.717, 1.165) is 12.8 Å². The average molecular weight is 267 g/mol. The first-order valence-corrected chi connectivity index (χ1v) is 7.47. The zero-order valence-corrected chi connectivity index (χ0v) is 11.7. The lowest BCUT2D eigenvalue weighted by atomic mass is 9.83. The predicted octanol–water partition coefficient (Wildman–Crippen LogP) is 0.631. The fourth-order valence-corrected chi connectivity index (χ4v) is 3.43. The summed E-state index contributed by atoms with van der Waals surface area (Å²) in [6, 6.07) is -0.0541. The first kappa shape index (κ1) is 14.3. The number of hydrogen-bond donors (Lipinski definition) is 2. The van der Waals surface area contributed by atoms with Crippen molar-refractivity contribution in [3.63, 3.8) is 0 Å². The Morgan fingerprint density at radius 1 is 1.37 bits per heavy atom. The summed E-state index contributed by atoms with van der Waals surface area (Å²) < 4.78 is 0. The van der Waals surface area contributed by atoms with Gasteiger partial charge in [-0.25, -0.2) is 0 Å². The molecule has 2 fully saturated rings. The second-order valence-corrected chi connectivity index (χ2v) is 5.63. The molecule has 0 spiro atoms. The van der Waals surface area contributed by atoms with E-state index in [2.05, 4.69) is 5.32 Å². The Bertz CT molecular complexity index is 346. The molecule has 2 amide bonds. The average Bonchev–Trinajstić information content (AvgIpc) is 2.86. The Kier molecular flexibility index (Phi) is 4.80. The second-order valence-electron chi connectivity index (χ2n) is 5.63. The van der Waals surface area contributed by atoms with Crippen LogP contribution in [-0.4, -0.2) is 41.9 Å². The SMILES string of the molecule is CCN(C(=O)[C@H]1CCC(=O)N1)C1CCCCC1CN. The molecule has 5 heteroatoms. The van der Waals surface area contributed by atoms with Crippen molar-refractivity contribution < 1.29 is 9.59 Å². The molecular formula is C14H25N3O2. The van der Waals surface area contributed by atoms with Crippen LogP contribution in [0.1, 0.15) is 45.4 Å². The number of hydrogen-bond acceptors (Lipinski definition) is 3. The number of rotatable bonds is 4. The number of nitrogens with two attached hydrogens (primary N) is 1. The molecule has 2 rings (SSSR count). The molecule has 3 N–H and O–H groups in total. The third-order valence-electron chi connectivity index (χ3n) is 4.49. The minimum atomic E-state index is -0.312. The van der Waals surface area contributed by atoms with Gasteiger partial charge in [0.2, 0.25) is 11.8 Å². The van der Waals surface area contributed by atoms with E-state index in [1.54, 1.807) is 0 Å². The van der Waals surface area contributed by atoms with Crippen LogP contribution < -0.4 is 11.1 Å². The Labute approximate surface area is 114 Å². The van der Waals surface area contributed by atoms with Crippen LogP contribution in [0.5, 0.6) is 0 Å². The van der Waals surface area contributed by atoms with Crippen LogP contribution in [0.25, 0.3) is 0 Å². The summed E-state index contributed by atoms with van der Waals surface area (Å²) in [5, 5.41) is 2.78. The number of likely N-dealkylation sites (N-methyl/N-ethyl adjacent to an activating group) is 1. The van der Waals surface area contributed by atoms with E-state index in [1.165, 1.54) is 12.8 Å². The number of carbonyl (C=O) groups excluding carboxylic acids is 2. The molecule has 108 valence electrons. The molecule has 0 aromatic heterocycles. The maximum Gasteiger partial charge on any atom is 0.245 e. The van der Waals surface area contributed by atoms with Crippen LogP contribution in [0.4, 0.5) is 0 Å². The molecule has 1 aliphatic carbocycles. The molecule has 3 atom stereocenters. The largest absolute Gasteiger partial charge is 0.344 e. The van der Waals surface area contributed by atoms with Crippen LogP contribution in [0.15, 0.2) is 0 Å². The molecule has 1 aliphatic heterocycles. The summed E-state index contributed by atoms with van der Waals surface area (Å²) in [7, 11) is 0. The maximum absolute atomic E-state index is 12.6. The number of carbonyl (C=O) groups is 2. The van der Waals surface area contributed by atoms with Crippen molar-refractivity contribution in [3.8, 4) is 0 Å². The summed E-state index contributed by atoms with van der Waals surface area (Å²) in [4.78, 5) is 25.8. The third kappa shape index (κ3) is 3.08. The van der Waals surface area contributed by atoms with Crippen LogP contribution in [0.2, 0.25) is 0 Å². The van der Waals surface area contributed by atoms with E-state index < -0.39 is 0 Å². The lowest BCUT2D eigenvalue weighted by Gasteiger charge is -2.40. The smallest absolute Gasteiger partial charge is 0.245 e. The highest BCUT2D eigenvalue weighted by Crippen LogP contribution is 2.28. The van der Waals surface area contributed by atoms with Gasteiger partial charge in [-0.3, -0.25) is 9.59 Å². The zero-order valence-electron chi connectivity index (χ0n) is 11.7. The summed E-state index contributed by atoms with van der Waals surface area (Å²) >= 11 is 0. The lowest BCUT2D eigenvalue weighted by Crippen LogP contribution is -2.53. The normalized spacial score (nSPS) is 31.1. The Morgan fingerprint density at radius 2 is 2.11 bits per heavy atom. The van der Waals surface area contributed by atoms with E-state index in [0.29, 0.717) is 31.8 Å². The Balaban J connectivity index is 2.05. The fraction of sp³-hybridized carbons (Fsp3) is 0.857. The van der Waals surface area contributed by atoms with Gasteiger partial charge in [0, 0.05) is 19.0 Å². The van der Waals surface area contributed by atoms with Crippen molar-refractivity contribution in [3.05, 3.63) is 0 Å². The van der Waals surface area contributed by atoms with Gasteiger partial charge in [0.05, 0.1) is 0 Å². The zero-order chi connectivity index (χ0) is 13.8. The molecule has 1 heterocycles. The molecule has 5 nitrogen and oxygen atoms in total. The number of nitrogens with zero attached hydrogens (tertiary/aromatic N) is 1. The van der Waals surface area contributed by atoms with Gasteiger partial charge in [0.25, 0.3) is 0 Å². The number of nitrogens with one attached hydrogen (secondary N) is 1. The summed E-state index contributed by atoms with van der Waals surface area (Å²) in [6.07, 6.45) is 5.64. The van der Waals surface area contributed by atoms with Gasteiger partial charge in [0.1, 0.15) is 6.04 Å². The van der Waals surface area contributed by atoms with Gasteiger partial charge in [-0.15, -0.1) is 0 Å². The minimum absolute atomic E-state index is 0.00609. The molecule has 19 heavy (non-hydrogen) atoms. The number of amides is 2.